The molecule has 80 valence electrons. The van der Waals surface area contributed by atoms with Crippen LogP contribution in [0, 0.1) is 17.2 Å². The van der Waals surface area contributed by atoms with Crippen LogP contribution in [0.1, 0.15) is 31.4 Å². The Morgan fingerprint density at radius 3 is 3.13 bits per heavy atom. The van der Waals surface area contributed by atoms with E-state index in [1.54, 1.807) is 6.26 Å². The third-order valence-electron chi connectivity index (χ3n) is 2.97. The second-order valence-corrected chi connectivity index (χ2v) is 4.00. The highest BCUT2D eigenvalue weighted by Gasteiger charge is 2.24. The standard InChI is InChI=1S/C11H15N3O/c12-7-9-3-1-2-4-11(9)13-8-10-5-6-15-14-10/h5-6,9,11,13H,1-4,8H2. The summed E-state index contributed by atoms with van der Waals surface area (Å²) in [5.74, 6) is 0.158. The highest BCUT2D eigenvalue weighted by Crippen LogP contribution is 2.23. The lowest BCUT2D eigenvalue weighted by Crippen LogP contribution is -2.37. The number of nitriles is 1. The molecule has 4 heteroatoms. The van der Waals surface area contributed by atoms with Gasteiger partial charge in [-0.1, -0.05) is 18.0 Å². The van der Waals surface area contributed by atoms with Gasteiger partial charge in [-0.25, -0.2) is 0 Å². The third-order valence-corrected chi connectivity index (χ3v) is 2.97. The Hall–Kier alpha value is -1.34. The lowest BCUT2D eigenvalue weighted by Gasteiger charge is -2.27. The fraction of sp³-hybridized carbons (Fsp3) is 0.636. The Labute approximate surface area is 89.3 Å². The lowest BCUT2D eigenvalue weighted by molar-refractivity contribution is 0.307. The van der Waals surface area contributed by atoms with Crippen LogP contribution in [0.15, 0.2) is 16.9 Å². The first-order chi connectivity index (χ1) is 7.40. The van der Waals surface area contributed by atoms with Crippen LogP contribution < -0.4 is 5.32 Å². The van der Waals surface area contributed by atoms with Gasteiger partial charge in [0.25, 0.3) is 0 Å². The van der Waals surface area contributed by atoms with Crippen LogP contribution in [0.5, 0.6) is 0 Å². The van der Waals surface area contributed by atoms with Crippen LogP contribution in [0.4, 0.5) is 0 Å². The maximum Gasteiger partial charge on any atom is 0.124 e. The number of hydrogen-bond acceptors (Lipinski definition) is 4. The van der Waals surface area contributed by atoms with Crippen LogP contribution >= 0.6 is 0 Å². The second kappa shape index (κ2) is 4.94. The van der Waals surface area contributed by atoms with Gasteiger partial charge in [-0.05, 0) is 12.8 Å². The summed E-state index contributed by atoms with van der Waals surface area (Å²) < 4.78 is 4.75. The van der Waals surface area contributed by atoms with Gasteiger partial charge in [-0.15, -0.1) is 0 Å². The van der Waals surface area contributed by atoms with E-state index in [0.29, 0.717) is 12.6 Å². The molecule has 0 bridgehead atoms. The van der Waals surface area contributed by atoms with Crippen LogP contribution in [-0.2, 0) is 6.54 Å². The molecule has 1 fully saturated rings. The van der Waals surface area contributed by atoms with Gasteiger partial charge in [0.1, 0.15) is 6.26 Å². The predicted octanol–water partition coefficient (Wildman–Crippen LogP) is 1.85. The molecule has 1 N–H and O–H groups in total. The Morgan fingerprint density at radius 2 is 2.40 bits per heavy atom. The van der Waals surface area contributed by atoms with Crippen molar-refractivity contribution in [3.8, 4) is 6.07 Å². The highest BCUT2D eigenvalue weighted by atomic mass is 16.5. The topological polar surface area (TPSA) is 61.9 Å². The zero-order valence-electron chi connectivity index (χ0n) is 8.65. The molecule has 1 aromatic heterocycles. The van der Waals surface area contributed by atoms with Crippen molar-refractivity contribution in [1.82, 2.24) is 10.5 Å². The minimum atomic E-state index is 0.158. The van der Waals surface area contributed by atoms with Gasteiger partial charge in [-0.2, -0.15) is 5.26 Å². The molecule has 0 amide bonds. The number of rotatable bonds is 3. The van der Waals surface area contributed by atoms with Crippen LogP contribution in [0.25, 0.3) is 0 Å². The number of nitrogens with zero attached hydrogens (tertiary/aromatic N) is 2. The van der Waals surface area contributed by atoms with Gasteiger partial charge in [0.2, 0.25) is 0 Å². The fourth-order valence-electron chi connectivity index (χ4n) is 2.09. The number of nitrogens with one attached hydrogen (secondary N) is 1. The fourth-order valence-corrected chi connectivity index (χ4v) is 2.09. The predicted molar refractivity (Wildman–Crippen MR) is 54.7 cm³/mol. The molecule has 15 heavy (non-hydrogen) atoms. The molecule has 0 aromatic carbocycles. The molecule has 2 atom stereocenters. The third kappa shape index (κ3) is 2.57. The molecule has 0 aliphatic heterocycles. The van der Waals surface area contributed by atoms with E-state index < -0.39 is 0 Å². The molecular weight excluding hydrogens is 190 g/mol. The normalized spacial score (nSPS) is 26.1. The maximum atomic E-state index is 8.99. The van der Waals surface area contributed by atoms with Gasteiger partial charge in [-0.3, -0.25) is 0 Å². The Morgan fingerprint density at radius 1 is 1.53 bits per heavy atom. The van der Waals surface area contributed by atoms with Gasteiger partial charge in [0, 0.05) is 18.7 Å². The second-order valence-electron chi connectivity index (χ2n) is 4.00. The quantitative estimate of drug-likeness (QED) is 0.818. The van der Waals surface area contributed by atoms with Crippen molar-refractivity contribution in [1.29, 1.82) is 5.26 Å². The summed E-state index contributed by atoms with van der Waals surface area (Å²) in [6.45, 7) is 0.694. The van der Waals surface area contributed by atoms with Gasteiger partial charge >= 0.3 is 0 Å². The van der Waals surface area contributed by atoms with Crippen molar-refractivity contribution in [2.75, 3.05) is 0 Å². The SMILES string of the molecule is N#CC1CCCCC1NCc1ccon1. The van der Waals surface area contributed by atoms with E-state index in [2.05, 4.69) is 16.5 Å². The Bertz CT molecular complexity index is 328. The van der Waals surface area contributed by atoms with E-state index in [1.807, 2.05) is 6.07 Å². The maximum absolute atomic E-state index is 8.99. The van der Waals surface area contributed by atoms with Crippen LogP contribution in [0.2, 0.25) is 0 Å². The zero-order valence-corrected chi connectivity index (χ0v) is 8.65. The summed E-state index contributed by atoms with van der Waals surface area (Å²) in [6, 6.07) is 4.54. The van der Waals surface area contributed by atoms with Gasteiger partial charge in [0.05, 0.1) is 17.7 Å². The first-order valence-corrected chi connectivity index (χ1v) is 5.42. The number of aromatic nitrogens is 1. The van der Waals surface area contributed by atoms with Crippen LogP contribution in [-0.4, -0.2) is 11.2 Å². The minimum absolute atomic E-state index is 0.158. The first kappa shape index (κ1) is 10.2. The van der Waals surface area contributed by atoms with Crippen molar-refractivity contribution in [3.05, 3.63) is 18.0 Å². The molecule has 1 aliphatic rings. The van der Waals surface area contributed by atoms with E-state index >= 15 is 0 Å². The molecule has 1 heterocycles. The molecule has 0 spiro atoms. The highest BCUT2D eigenvalue weighted by molar-refractivity contribution is 4.98. The smallest absolute Gasteiger partial charge is 0.124 e. The summed E-state index contributed by atoms with van der Waals surface area (Å²) in [4.78, 5) is 0. The van der Waals surface area contributed by atoms with Gasteiger partial charge in [0.15, 0.2) is 0 Å². The first-order valence-electron chi connectivity index (χ1n) is 5.42. The van der Waals surface area contributed by atoms with Crippen LogP contribution in [0.3, 0.4) is 0 Å². The Kier molecular flexibility index (Phi) is 3.36. The Balaban J connectivity index is 1.85. The van der Waals surface area contributed by atoms with E-state index in [-0.39, 0.29) is 5.92 Å². The average Bonchev–Trinajstić information content (AvgIpc) is 2.79. The molecular formula is C11H15N3O. The molecule has 1 aromatic rings. The molecule has 2 unspecified atom stereocenters. The average molecular weight is 205 g/mol. The van der Waals surface area contributed by atoms with E-state index in [1.165, 1.54) is 12.8 Å². The van der Waals surface area contributed by atoms with E-state index in [9.17, 15) is 0 Å². The van der Waals surface area contributed by atoms with Gasteiger partial charge < -0.3 is 9.84 Å². The van der Waals surface area contributed by atoms with Crippen molar-refractivity contribution in [2.45, 2.75) is 38.3 Å². The largest absolute Gasteiger partial charge is 0.364 e. The summed E-state index contributed by atoms with van der Waals surface area (Å²) >= 11 is 0. The summed E-state index contributed by atoms with van der Waals surface area (Å²) in [7, 11) is 0. The molecule has 1 saturated carbocycles. The van der Waals surface area contributed by atoms with Crippen molar-refractivity contribution < 1.29 is 4.52 Å². The summed E-state index contributed by atoms with van der Waals surface area (Å²) in [5.41, 5.74) is 0.900. The van der Waals surface area contributed by atoms with Crippen molar-refractivity contribution >= 4 is 0 Å². The molecule has 1 aliphatic carbocycles. The van der Waals surface area contributed by atoms with Crippen molar-refractivity contribution in [2.24, 2.45) is 5.92 Å². The number of hydrogen-bond donors (Lipinski definition) is 1. The summed E-state index contributed by atoms with van der Waals surface area (Å²) in [5, 5.41) is 16.2. The molecule has 0 saturated heterocycles. The zero-order chi connectivity index (χ0) is 10.5. The minimum Gasteiger partial charge on any atom is -0.364 e. The monoisotopic (exact) mass is 205 g/mol. The van der Waals surface area contributed by atoms with E-state index in [4.69, 9.17) is 9.78 Å². The van der Waals surface area contributed by atoms with E-state index in [0.717, 1.165) is 18.5 Å². The molecule has 4 nitrogen and oxygen atoms in total. The summed E-state index contributed by atoms with van der Waals surface area (Å²) in [6.07, 6.45) is 6.08. The lowest BCUT2D eigenvalue weighted by atomic mass is 9.85. The molecule has 2 rings (SSSR count). The molecule has 0 radical (unpaired) electrons. The van der Waals surface area contributed by atoms with Crippen molar-refractivity contribution in [3.63, 3.8) is 0 Å².